The molecule has 0 atom stereocenters. The van der Waals surface area contributed by atoms with E-state index in [1.54, 1.807) is 24.3 Å². The Morgan fingerprint density at radius 2 is 1.66 bits per heavy atom. The maximum absolute atomic E-state index is 10.1. The Labute approximate surface area is 220 Å². The fourth-order valence-electron chi connectivity index (χ4n) is 2.82. The minimum Gasteiger partial charge on any atom is -0.320 e. The van der Waals surface area contributed by atoms with Gasteiger partial charge >= 0.3 is 0 Å². The first-order chi connectivity index (χ1) is 16.8. The third-order valence-corrected chi connectivity index (χ3v) is 4.72. The van der Waals surface area contributed by atoms with Crippen LogP contribution >= 0.6 is 11.6 Å². The molecule has 0 radical (unpaired) electrons. The normalized spacial score (nSPS) is 10.2. The highest BCUT2D eigenvalue weighted by Crippen LogP contribution is 2.25. The molecule has 0 spiro atoms. The molecule has 0 fully saturated rings. The van der Waals surface area contributed by atoms with Crippen LogP contribution in [-0.4, -0.2) is 51.1 Å². The summed E-state index contributed by atoms with van der Waals surface area (Å²) in [4.78, 5) is 17.1. The molecule has 2 aromatic carbocycles. The van der Waals surface area contributed by atoms with Crippen molar-refractivity contribution in [1.82, 2.24) is 10.2 Å². The summed E-state index contributed by atoms with van der Waals surface area (Å²) in [6, 6.07) is 14.9. The van der Waals surface area contributed by atoms with Gasteiger partial charge in [0.1, 0.15) is 6.29 Å². The van der Waals surface area contributed by atoms with Crippen molar-refractivity contribution in [1.29, 1.82) is 0 Å². The number of rotatable bonds is 10. The molecule has 0 amide bonds. The van der Waals surface area contributed by atoms with Gasteiger partial charge in [0, 0.05) is 28.4 Å². The number of hydrogen-bond acceptors (Lipinski definition) is 4. The zero-order chi connectivity index (χ0) is 27.1. The summed E-state index contributed by atoms with van der Waals surface area (Å²) in [7, 11) is 6.14. The van der Waals surface area contributed by atoms with Crippen LogP contribution in [0.1, 0.15) is 76.2 Å². The number of nitrogens with one attached hydrogen (secondary N) is 1. The summed E-state index contributed by atoms with van der Waals surface area (Å²) in [5.74, 6) is 0. The summed E-state index contributed by atoms with van der Waals surface area (Å²) in [6.45, 7) is 16.5. The van der Waals surface area contributed by atoms with E-state index >= 15 is 0 Å². The molecule has 0 heterocycles. The summed E-state index contributed by atoms with van der Waals surface area (Å²) in [5.41, 5.74) is 5.13. The lowest BCUT2D eigenvalue weighted by atomic mass is 10.1. The molecule has 2 rings (SSSR count). The minimum absolute atomic E-state index is 0.652. The van der Waals surface area contributed by atoms with Crippen LogP contribution in [0.15, 0.2) is 60.1 Å². The fourth-order valence-corrected chi connectivity index (χ4v) is 2.95. The molecule has 0 saturated carbocycles. The van der Waals surface area contributed by atoms with Gasteiger partial charge in [0.15, 0.2) is 0 Å². The third kappa shape index (κ3) is 18.7. The van der Waals surface area contributed by atoms with Crippen LogP contribution in [0.5, 0.6) is 0 Å². The van der Waals surface area contributed by atoms with Crippen LogP contribution in [-0.2, 0) is 0 Å². The van der Waals surface area contributed by atoms with Crippen LogP contribution in [0.3, 0.4) is 0 Å². The third-order valence-electron chi connectivity index (χ3n) is 4.47. The second kappa shape index (κ2) is 23.5. The van der Waals surface area contributed by atoms with Gasteiger partial charge in [-0.1, -0.05) is 89.0 Å². The van der Waals surface area contributed by atoms with Crippen molar-refractivity contribution < 1.29 is 4.79 Å². The van der Waals surface area contributed by atoms with E-state index in [0.717, 1.165) is 49.0 Å². The van der Waals surface area contributed by atoms with E-state index in [9.17, 15) is 4.79 Å². The Morgan fingerprint density at radius 3 is 2.09 bits per heavy atom. The Hall–Kier alpha value is -2.27. The average molecular weight is 502 g/mol. The molecule has 196 valence electrons. The average Bonchev–Trinajstić information content (AvgIpc) is 2.85. The zero-order valence-electron chi connectivity index (χ0n) is 23.3. The molecule has 2 aromatic rings. The molecule has 5 heteroatoms. The van der Waals surface area contributed by atoms with Crippen LogP contribution in [0.25, 0.3) is 5.57 Å². The van der Waals surface area contributed by atoms with E-state index in [2.05, 4.69) is 56.9 Å². The number of carbonyl (C=O) groups excluding carboxylic acids is 1. The zero-order valence-corrected chi connectivity index (χ0v) is 24.1. The lowest BCUT2D eigenvalue weighted by molar-refractivity contribution is 0.112. The van der Waals surface area contributed by atoms with Gasteiger partial charge in [-0.25, -0.2) is 0 Å². The van der Waals surface area contributed by atoms with Crippen LogP contribution in [0.4, 0.5) is 5.69 Å². The molecule has 0 aliphatic carbocycles. The molecule has 0 bridgehead atoms. The number of benzene rings is 2. The van der Waals surface area contributed by atoms with Gasteiger partial charge in [-0.15, -0.1) is 0 Å². The van der Waals surface area contributed by atoms with Crippen molar-refractivity contribution in [2.45, 2.75) is 60.3 Å². The second-order valence-corrected chi connectivity index (χ2v) is 8.53. The van der Waals surface area contributed by atoms with Crippen molar-refractivity contribution >= 4 is 34.9 Å². The van der Waals surface area contributed by atoms with Crippen molar-refractivity contribution in [3.63, 3.8) is 0 Å². The van der Waals surface area contributed by atoms with Gasteiger partial charge in [-0.3, -0.25) is 9.79 Å². The number of para-hydroxylation sites is 1. The lowest BCUT2D eigenvalue weighted by Crippen LogP contribution is -2.21. The molecule has 0 unspecified atom stereocenters. The van der Waals surface area contributed by atoms with E-state index in [1.807, 2.05) is 40.0 Å². The number of nitrogens with zero attached hydrogens (tertiary/aromatic N) is 2. The molecule has 0 aliphatic heterocycles. The molecular formula is C30H48ClN3O. The van der Waals surface area contributed by atoms with Crippen molar-refractivity contribution in [2.75, 3.05) is 34.2 Å². The SMILES string of the molecule is C=C(C)c1ccccc1N=C(CCC)CN(C)C.CC.CCCCNC.O=Cc1ccc(Cl)cc1. The van der Waals surface area contributed by atoms with Crippen LogP contribution < -0.4 is 5.32 Å². The van der Waals surface area contributed by atoms with Crippen molar-refractivity contribution in [3.8, 4) is 0 Å². The summed E-state index contributed by atoms with van der Waals surface area (Å²) < 4.78 is 0. The monoisotopic (exact) mass is 501 g/mol. The van der Waals surface area contributed by atoms with Gasteiger partial charge in [-0.05, 0) is 71.2 Å². The first-order valence-corrected chi connectivity index (χ1v) is 13.0. The number of hydrogen-bond donors (Lipinski definition) is 1. The predicted octanol–water partition coefficient (Wildman–Crippen LogP) is 8.34. The second-order valence-electron chi connectivity index (χ2n) is 8.09. The Balaban J connectivity index is 0. The number of unbranched alkanes of at least 4 members (excludes halogenated alkanes) is 1. The quantitative estimate of drug-likeness (QED) is 0.202. The largest absolute Gasteiger partial charge is 0.320 e. The van der Waals surface area contributed by atoms with E-state index in [1.165, 1.54) is 18.6 Å². The molecule has 1 N–H and O–H groups in total. The number of allylic oxidation sites excluding steroid dienone is 1. The molecule has 4 nitrogen and oxygen atoms in total. The van der Waals surface area contributed by atoms with Gasteiger partial charge in [-0.2, -0.15) is 0 Å². The molecular weight excluding hydrogens is 454 g/mol. The lowest BCUT2D eigenvalue weighted by Gasteiger charge is -2.13. The minimum atomic E-state index is 0.652. The van der Waals surface area contributed by atoms with Crippen LogP contribution in [0.2, 0.25) is 5.02 Å². The van der Waals surface area contributed by atoms with Crippen molar-refractivity contribution in [2.24, 2.45) is 4.99 Å². The predicted molar refractivity (Wildman–Crippen MR) is 159 cm³/mol. The summed E-state index contributed by atoms with van der Waals surface area (Å²) in [5, 5.41) is 3.72. The van der Waals surface area contributed by atoms with E-state index in [-0.39, 0.29) is 0 Å². The van der Waals surface area contributed by atoms with Gasteiger partial charge in [0.05, 0.1) is 5.69 Å². The Bertz CT molecular complexity index is 826. The number of halogens is 1. The number of aldehydes is 1. The first-order valence-electron chi connectivity index (χ1n) is 12.6. The molecule has 0 aromatic heterocycles. The van der Waals surface area contributed by atoms with E-state index in [4.69, 9.17) is 16.6 Å². The van der Waals surface area contributed by atoms with Gasteiger partial charge in [0.2, 0.25) is 0 Å². The standard InChI is InChI=1S/C16H24N2.C7H5ClO.C5H13N.C2H6/c1-6-9-14(12-18(4)5)17-16-11-8-7-10-15(16)13(2)3;8-7-3-1-6(5-9)2-4-7;1-3-4-5-6-2;1-2/h7-8,10-11H,2,6,9,12H2,1,3-5H3;1-5H;6H,3-5H2,1-2H3;1-2H3. The smallest absolute Gasteiger partial charge is 0.150 e. The maximum atomic E-state index is 10.1. The van der Waals surface area contributed by atoms with E-state index in [0.29, 0.717) is 10.6 Å². The summed E-state index contributed by atoms with van der Waals surface area (Å²) >= 11 is 5.55. The van der Waals surface area contributed by atoms with Gasteiger partial charge in [0.25, 0.3) is 0 Å². The molecule has 0 saturated heterocycles. The topological polar surface area (TPSA) is 44.7 Å². The number of aliphatic imine (C=N–C) groups is 1. The Morgan fingerprint density at radius 1 is 1.06 bits per heavy atom. The highest BCUT2D eigenvalue weighted by Gasteiger charge is 2.05. The van der Waals surface area contributed by atoms with Gasteiger partial charge < -0.3 is 10.2 Å². The fraction of sp³-hybridized carbons (Fsp3) is 0.467. The molecule has 35 heavy (non-hydrogen) atoms. The Kier molecular flexibility index (Phi) is 23.4. The first kappa shape index (κ1) is 34.9. The van der Waals surface area contributed by atoms with E-state index < -0.39 is 0 Å². The van der Waals surface area contributed by atoms with Crippen LogP contribution in [0, 0.1) is 0 Å². The highest BCUT2D eigenvalue weighted by atomic mass is 35.5. The van der Waals surface area contributed by atoms with Crippen molar-refractivity contribution in [3.05, 3.63) is 71.3 Å². The summed E-state index contributed by atoms with van der Waals surface area (Å²) in [6.07, 6.45) is 5.55. The highest BCUT2D eigenvalue weighted by molar-refractivity contribution is 6.30. The number of carbonyl (C=O) groups is 1. The molecule has 0 aliphatic rings. The maximum Gasteiger partial charge on any atom is 0.150 e.